The van der Waals surface area contributed by atoms with E-state index >= 15 is 0 Å². The number of hydrogen-bond acceptors (Lipinski definition) is 6. The number of rotatable bonds is 5. The zero-order chi connectivity index (χ0) is 23.7. The molecule has 5 rings (SSSR count). The van der Waals surface area contributed by atoms with Crippen molar-refractivity contribution >= 4 is 32.4 Å². The van der Waals surface area contributed by atoms with Crippen LogP contribution in [0.25, 0.3) is 10.8 Å². The summed E-state index contributed by atoms with van der Waals surface area (Å²) in [5, 5.41) is 11.1. The highest BCUT2D eigenvalue weighted by Gasteiger charge is 2.34. The molecule has 178 valence electrons. The van der Waals surface area contributed by atoms with Crippen molar-refractivity contribution in [2.24, 2.45) is 5.92 Å². The summed E-state index contributed by atoms with van der Waals surface area (Å²) in [7, 11) is -3.78. The molecule has 0 bridgehead atoms. The molecule has 0 unspecified atom stereocenters. The molecule has 2 aliphatic rings. The summed E-state index contributed by atoms with van der Waals surface area (Å²) in [6.45, 7) is 3.12. The predicted molar refractivity (Wildman–Crippen MR) is 130 cm³/mol. The Hall–Kier alpha value is -3.17. The van der Waals surface area contributed by atoms with Crippen LogP contribution in [0.5, 0.6) is 5.75 Å². The molecule has 1 aromatic heterocycles. The number of pyridine rings is 1. The number of phenols is 1. The number of benzene rings is 2. The van der Waals surface area contributed by atoms with E-state index in [-0.39, 0.29) is 29.6 Å². The fourth-order valence-corrected chi connectivity index (χ4v) is 6.26. The summed E-state index contributed by atoms with van der Waals surface area (Å²) in [4.78, 5) is 21.3. The first-order chi connectivity index (χ1) is 16.4. The van der Waals surface area contributed by atoms with Crippen LogP contribution in [-0.4, -0.2) is 72.9 Å². The van der Waals surface area contributed by atoms with E-state index in [1.807, 2.05) is 17.0 Å². The molecule has 2 aliphatic heterocycles. The third-order valence-corrected chi connectivity index (χ3v) is 8.68. The van der Waals surface area contributed by atoms with Gasteiger partial charge in [0.1, 0.15) is 5.75 Å². The molecule has 2 saturated heterocycles. The summed E-state index contributed by atoms with van der Waals surface area (Å²) in [6.07, 6.45) is 5.61. The maximum Gasteiger partial charge on any atom is 0.243 e. The van der Waals surface area contributed by atoms with Crippen LogP contribution in [0, 0.1) is 5.92 Å². The molecule has 0 spiro atoms. The number of anilines is 1. The molecule has 3 aromatic rings. The van der Waals surface area contributed by atoms with Gasteiger partial charge in [-0.15, -0.1) is 0 Å². The molecule has 3 heterocycles. The van der Waals surface area contributed by atoms with Gasteiger partial charge < -0.3 is 14.9 Å². The maximum atomic E-state index is 13.2. The molecule has 8 nitrogen and oxygen atoms in total. The Bertz CT molecular complexity index is 1290. The number of phenolic OH excluding ortho intramolecular Hbond substituents is 1. The second-order valence-corrected chi connectivity index (χ2v) is 10.9. The summed E-state index contributed by atoms with van der Waals surface area (Å²) >= 11 is 0. The van der Waals surface area contributed by atoms with Crippen LogP contribution in [0.15, 0.2) is 65.8 Å². The Morgan fingerprint density at radius 2 is 1.62 bits per heavy atom. The first-order valence-electron chi connectivity index (χ1n) is 11.6. The zero-order valence-electron chi connectivity index (χ0n) is 18.9. The van der Waals surface area contributed by atoms with Gasteiger partial charge in [-0.25, -0.2) is 8.42 Å². The van der Waals surface area contributed by atoms with Gasteiger partial charge in [0.25, 0.3) is 0 Å². The Labute approximate surface area is 199 Å². The van der Waals surface area contributed by atoms with Gasteiger partial charge in [-0.2, -0.15) is 4.31 Å². The number of fused-ring (bicyclic) bond motifs is 1. The van der Waals surface area contributed by atoms with Gasteiger partial charge in [-0.05, 0) is 65.9 Å². The molecular weight excluding hydrogens is 452 g/mol. The normalized spacial score (nSPS) is 18.5. The number of hydrogen-bond donors (Lipinski definition) is 1. The highest BCUT2D eigenvalue weighted by Crippen LogP contribution is 2.27. The van der Waals surface area contributed by atoms with E-state index in [1.165, 1.54) is 22.1 Å². The molecule has 9 heteroatoms. The molecule has 2 fully saturated rings. The summed E-state index contributed by atoms with van der Waals surface area (Å²) in [6, 6.07) is 13.6. The molecule has 1 N–H and O–H groups in total. The van der Waals surface area contributed by atoms with E-state index in [0.29, 0.717) is 19.0 Å². The summed E-state index contributed by atoms with van der Waals surface area (Å²) in [5.74, 6) is 0.409. The van der Waals surface area contributed by atoms with Crippen molar-refractivity contribution in [3.63, 3.8) is 0 Å². The van der Waals surface area contributed by atoms with Crippen molar-refractivity contribution in [1.29, 1.82) is 0 Å². The van der Waals surface area contributed by atoms with Crippen LogP contribution < -0.4 is 4.90 Å². The van der Waals surface area contributed by atoms with Gasteiger partial charge in [-0.3, -0.25) is 9.78 Å². The van der Waals surface area contributed by atoms with Crippen LogP contribution in [0.4, 0.5) is 5.69 Å². The topological polar surface area (TPSA) is 94.0 Å². The third kappa shape index (κ3) is 4.58. The molecule has 1 amide bonds. The number of piperidine rings is 1. The number of amides is 1. The molecule has 0 saturated carbocycles. The van der Waals surface area contributed by atoms with E-state index in [0.717, 1.165) is 36.7 Å². The first-order valence-corrected chi connectivity index (χ1v) is 13.0. The number of carbonyl (C=O) groups excluding carboxylic acids is 1. The largest absolute Gasteiger partial charge is 0.508 e. The SMILES string of the molecule is O=C1CN(S(=O)(=O)c2ccc3cc(O)ccc3c2)CCN1CC1CCN(c2ccncc2)CC1. The Kier molecular flexibility index (Phi) is 6.14. The van der Waals surface area contributed by atoms with Gasteiger partial charge in [0.2, 0.25) is 15.9 Å². The maximum absolute atomic E-state index is 13.2. The monoisotopic (exact) mass is 480 g/mol. The van der Waals surface area contributed by atoms with E-state index in [4.69, 9.17) is 0 Å². The van der Waals surface area contributed by atoms with Crippen LogP contribution >= 0.6 is 0 Å². The highest BCUT2D eigenvalue weighted by atomic mass is 32.2. The number of aromatic nitrogens is 1. The van der Waals surface area contributed by atoms with Gasteiger partial charge in [0, 0.05) is 50.8 Å². The molecule has 34 heavy (non-hydrogen) atoms. The smallest absolute Gasteiger partial charge is 0.243 e. The summed E-state index contributed by atoms with van der Waals surface area (Å²) in [5.41, 5.74) is 1.17. The van der Waals surface area contributed by atoms with Gasteiger partial charge in [-0.1, -0.05) is 12.1 Å². The van der Waals surface area contributed by atoms with Crippen LogP contribution in [0.3, 0.4) is 0 Å². The van der Waals surface area contributed by atoms with Crippen molar-refractivity contribution in [1.82, 2.24) is 14.2 Å². The number of aromatic hydroxyl groups is 1. The van der Waals surface area contributed by atoms with Crippen molar-refractivity contribution in [2.45, 2.75) is 17.7 Å². The van der Waals surface area contributed by atoms with Gasteiger partial charge in [0.05, 0.1) is 11.4 Å². The van der Waals surface area contributed by atoms with Crippen molar-refractivity contribution in [3.8, 4) is 5.75 Å². The number of carbonyl (C=O) groups is 1. The number of sulfonamides is 1. The van der Waals surface area contributed by atoms with Gasteiger partial charge in [0.15, 0.2) is 0 Å². The van der Waals surface area contributed by atoms with Crippen molar-refractivity contribution in [2.75, 3.05) is 44.2 Å². The molecule has 2 aromatic carbocycles. The minimum absolute atomic E-state index is 0.132. The quantitative estimate of drug-likeness (QED) is 0.604. The average Bonchev–Trinajstić information content (AvgIpc) is 2.86. The highest BCUT2D eigenvalue weighted by molar-refractivity contribution is 7.89. The summed E-state index contributed by atoms with van der Waals surface area (Å²) < 4.78 is 27.7. The van der Waals surface area contributed by atoms with Gasteiger partial charge >= 0.3 is 0 Å². The fraction of sp³-hybridized carbons (Fsp3) is 0.360. The van der Waals surface area contributed by atoms with E-state index < -0.39 is 10.0 Å². The average molecular weight is 481 g/mol. The predicted octanol–water partition coefficient (Wildman–Crippen LogP) is 2.69. The van der Waals surface area contributed by atoms with E-state index in [9.17, 15) is 18.3 Å². The molecule has 0 atom stereocenters. The molecule has 0 aliphatic carbocycles. The first kappa shape index (κ1) is 22.6. The Balaban J connectivity index is 1.19. The Morgan fingerprint density at radius 3 is 2.35 bits per heavy atom. The second kappa shape index (κ2) is 9.23. The van der Waals surface area contributed by atoms with Crippen molar-refractivity contribution < 1.29 is 18.3 Å². The fourth-order valence-electron chi connectivity index (χ4n) is 4.85. The Morgan fingerprint density at radius 1 is 0.912 bits per heavy atom. The standard InChI is InChI=1S/C25H28N4O4S/c30-23-3-1-21-16-24(4-2-20(21)15-23)34(32,33)29-14-13-28(25(31)18-29)17-19-7-11-27(12-8-19)22-5-9-26-10-6-22/h1-6,9-10,15-16,19,30H,7-8,11-14,17-18H2. The van der Waals surface area contributed by atoms with E-state index in [1.54, 1.807) is 36.7 Å². The lowest BCUT2D eigenvalue weighted by Crippen LogP contribution is -2.53. The number of piperazine rings is 1. The van der Waals surface area contributed by atoms with Crippen LogP contribution in [-0.2, 0) is 14.8 Å². The number of nitrogens with zero attached hydrogens (tertiary/aromatic N) is 4. The lowest BCUT2D eigenvalue weighted by Gasteiger charge is -2.38. The van der Waals surface area contributed by atoms with Crippen molar-refractivity contribution in [3.05, 3.63) is 60.9 Å². The zero-order valence-corrected chi connectivity index (χ0v) is 19.7. The minimum atomic E-state index is -3.78. The molecular formula is C25H28N4O4S. The lowest BCUT2D eigenvalue weighted by molar-refractivity contribution is -0.134. The van der Waals surface area contributed by atoms with E-state index in [2.05, 4.69) is 9.88 Å². The minimum Gasteiger partial charge on any atom is -0.508 e. The lowest BCUT2D eigenvalue weighted by atomic mass is 9.95. The van der Waals surface area contributed by atoms with Crippen LogP contribution in [0.2, 0.25) is 0 Å². The second-order valence-electron chi connectivity index (χ2n) is 9.01. The van der Waals surface area contributed by atoms with Crippen LogP contribution in [0.1, 0.15) is 12.8 Å². The third-order valence-electron chi connectivity index (χ3n) is 6.84. The molecule has 0 radical (unpaired) electrons.